The number of para-hydroxylation sites is 3. The Morgan fingerprint density at radius 2 is 0.966 bits per heavy atom. The molecule has 4 aromatic heterocycles. The van der Waals surface area contributed by atoms with Gasteiger partial charge in [-0.2, -0.15) is 0 Å². The van der Waals surface area contributed by atoms with Gasteiger partial charge in [0.15, 0.2) is 17.5 Å². The van der Waals surface area contributed by atoms with Crippen molar-refractivity contribution in [2.75, 3.05) is 0 Å². The number of rotatable bonds is 4. The Kier molecular flexibility index (Phi) is 6.44. The van der Waals surface area contributed by atoms with E-state index in [1.165, 1.54) is 71.1 Å². The minimum absolute atomic E-state index is 0.0894. The third-order valence-corrected chi connectivity index (χ3v) is 12.9. The summed E-state index contributed by atoms with van der Waals surface area (Å²) in [4.78, 5) is 15.8. The molecule has 13 rings (SSSR count). The first-order chi connectivity index (χ1) is 29.0. The van der Waals surface area contributed by atoms with Crippen LogP contribution in [0.25, 0.3) is 111 Å². The van der Waals surface area contributed by atoms with Crippen LogP contribution in [0, 0.1) is 0 Å². The fourth-order valence-corrected chi connectivity index (χ4v) is 10.3. The molecule has 12 aromatic rings. The summed E-state index contributed by atoms with van der Waals surface area (Å²) >= 11 is 0. The molecule has 0 atom stereocenters. The summed E-state index contributed by atoms with van der Waals surface area (Å²) in [7, 11) is 0. The van der Waals surface area contributed by atoms with E-state index in [2.05, 4.69) is 181 Å². The van der Waals surface area contributed by atoms with Crippen molar-refractivity contribution in [1.29, 1.82) is 0 Å². The van der Waals surface area contributed by atoms with E-state index in [-0.39, 0.29) is 5.41 Å². The van der Waals surface area contributed by atoms with Crippen molar-refractivity contribution in [2.45, 2.75) is 19.3 Å². The predicted octanol–water partition coefficient (Wildman–Crippen LogP) is 13.4. The highest BCUT2D eigenvalue weighted by atomic mass is 15.1. The molecular weight excluding hydrogens is 719 g/mol. The number of benzene rings is 8. The van der Waals surface area contributed by atoms with Gasteiger partial charge in [-0.05, 0) is 70.1 Å². The van der Waals surface area contributed by atoms with Crippen LogP contribution in [0.2, 0.25) is 0 Å². The van der Waals surface area contributed by atoms with Crippen molar-refractivity contribution >= 4 is 59.9 Å². The fourth-order valence-electron chi connectivity index (χ4n) is 10.3. The maximum absolute atomic E-state index is 5.35. The molecule has 4 heterocycles. The topological polar surface area (TPSA) is 48.0 Å². The van der Waals surface area contributed by atoms with E-state index in [1.807, 2.05) is 18.2 Å². The van der Waals surface area contributed by atoms with Crippen LogP contribution in [0.3, 0.4) is 0 Å². The van der Waals surface area contributed by atoms with Crippen molar-refractivity contribution < 1.29 is 0 Å². The first-order valence-electron chi connectivity index (χ1n) is 20.3. The Hall–Kier alpha value is -7.63. The summed E-state index contributed by atoms with van der Waals surface area (Å²) < 4.78 is 4.91. The van der Waals surface area contributed by atoms with Crippen LogP contribution in [-0.4, -0.2) is 23.9 Å². The van der Waals surface area contributed by atoms with Crippen LogP contribution in [0.15, 0.2) is 176 Å². The molecule has 0 fully saturated rings. The van der Waals surface area contributed by atoms with Crippen molar-refractivity contribution in [2.24, 2.45) is 0 Å². The monoisotopic (exact) mass is 753 g/mol. The predicted molar refractivity (Wildman–Crippen MR) is 243 cm³/mol. The SMILES string of the molecule is CC1(C)c2ccccc2-c2cc(-c3nc(-c4ccccc4)nc(-c4ccccc4-n4c5cccc6c7cccc8c9ccccc9n(c9cccc4c9c65)c78)n3)ccc21. The molecule has 59 heavy (non-hydrogen) atoms. The van der Waals surface area contributed by atoms with E-state index in [4.69, 9.17) is 15.0 Å². The fraction of sp³-hybridized carbons (Fsp3) is 0.0556. The summed E-state index contributed by atoms with van der Waals surface area (Å²) in [6.07, 6.45) is 0. The van der Waals surface area contributed by atoms with Crippen molar-refractivity contribution in [3.8, 4) is 51.0 Å². The molecule has 0 saturated carbocycles. The lowest BCUT2D eigenvalue weighted by molar-refractivity contribution is 0.660. The molecule has 1 aliphatic rings. The number of nitrogens with zero attached hydrogens (tertiary/aromatic N) is 5. The third-order valence-electron chi connectivity index (χ3n) is 12.9. The number of aromatic nitrogens is 5. The number of hydrogen-bond acceptors (Lipinski definition) is 3. The summed E-state index contributed by atoms with van der Waals surface area (Å²) in [5, 5.41) is 7.48. The van der Waals surface area contributed by atoms with Gasteiger partial charge in [0.2, 0.25) is 0 Å². The molecule has 5 nitrogen and oxygen atoms in total. The lowest BCUT2D eigenvalue weighted by Crippen LogP contribution is -2.14. The molecule has 0 aliphatic heterocycles. The van der Waals surface area contributed by atoms with Gasteiger partial charge in [0.25, 0.3) is 0 Å². The molecule has 5 heteroatoms. The van der Waals surface area contributed by atoms with Gasteiger partial charge >= 0.3 is 0 Å². The van der Waals surface area contributed by atoms with Crippen LogP contribution in [0.1, 0.15) is 25.0 Å². The van der Waals surface area contributed by atoms with Gasteiger partial charge in [-0.25, -0.2) is 15.0 Å². The first kappa shape index (κ1) is 32.5. The van der Waals surface area contributed by atoms with Gasteiger partial charge in [-0.15, -0.1) is 0 Å². The maximum Gasteiger partial charge on any atom is 0.166 e. The minimum Gasteiger partial charge on any atom is -0.308 e. The van der Waals surface area contributed by atoms with E-state index in [9.17, 15) is 0 Å². The van der Waals surface area contributed by atoms with Gasteiger partial charge in [0.05, 0.1) is 33.3 Å². The quantitative estimate of drug-likeness (QED) is 0.180. The number of hydrogen-bond donors (Lipinski definition) is 0. The van der Waals surface area contributed by atoms with E-state index in [0.29, 0.717) is 17.5 Å². The normalized spacial score (nSPS) is 13.4. The largest absolute Gasteiger partial charge is 0.308 e. The highest BCUT2D eigenvalue weighted by Gasteiger charge is 2.35. The molecule has 1 aliphatic carbocycles. The molecule has 0 spiro atoms. The summed E-state index contributed by atoms with van der Waals surface area (Å²) in [5.41, 5.74) is 14.9. The number of fused-ring (bicyclic) bond motifs is 8. The maximum atomic E-state index is 5.35. The molecule has 0 amide bonds. The first-order valence-corrected chi connectivity index (χ1v) is 20.3. The zero-order valence-corrected chi connectivity index (χ0v) is 32.5. The van der Waals surface area contributed by atoms with Crippen LogP contribution >= 0.6 is 0 Å². The summed E-state index contributed by atoms with van der Waals surface area (Å²) in [6, 6.07) is 63.3. The molecule has 0 unspecified atom stereocenters. The third kappa shape index (κ3) is 4.36. The second-order valence-electron chi connectivity index (χ2n) is 16.4. The Labute approximate surface area is 339 Å². The summed E-state index contributed by atoms with van der Waals surface area (Å²) in [6.45, 7) is 4.62. The Morgan fingerprint density at radius 3 is 1.83 bits per heavy atom. The Balaban J connectivity index is 1.09. The lowest BCUT2D eigenvalue weighted by Gasteiger charge is -2.21. The van der Waals surface area contributed by atoms with Gasteiger partial charge < -0.3 is 8.97 Å². The van der Waals surface area contributed by atoms with Crippen LogP contribution in [0.4, 0.5) is 0 Å². The van der Waals surface area contributed by atoms with Gasteiger partial charge in [-0.1, -0.05) is 147 Å². The molecule has 0 bridgehead atoms. The molecular formula is C54H35N5. The molecule has 276 valence electrons. The zero-order chi connectivity index (χ0) is 39.0. The van der Waals surface area contributed by atoms with Gasteiger partial charge in [0, 0.05) is 49.0 Å². The highest BCUT2D eigenvalue weighted by Crippen LogP contribution is 2.50. The van der Waals surface area contributed by atoms with E-state index < -0.39 is 0 Å². The van der Waals surface area contributed by atoms with E-state index >= 15 is 0 Å². The molecule has 0 N–H and O–H groups in total. The Bertz CT molecular complexity index is 3700. The van der Waals surface area contributed by atoms with Gasteiger partial charge in [-0.3, -0.25) is 0 Å². The Morgan fingerprint density at radius 1 is 0.390 bits per heavy atom. The molecule has 0 radical (unpaired) electrons. The second-order valence-corrected chi connectivity index (χ2v) is 16.4. The zero-order valence-electron chi connectivity index (χ0n) is 32.5. The molecule has 8 aromatic carbocycles. The summed E-state index contributed by atoms with van der Waals surface area (Å²) in [5.74, 6) is 1.92. The highest BCUT2D eigenvalue weighted by molar-refractivity contribution is 6.31. The van der Waals surface area contributed by atoms with Crippen LogP contribution in [-0.2, 0) is 5.41 Å². The van der Waals surface area contributed by atoms with Crippen molar-refractivity contribution in [3.63, 3.8) is 0 Å². The van der Waals surface area contributed by atoms with Crippen LogP contribution in [0.5, 0.6) is 0 Å². The molecule has 0 saturated heterocycles. The van der Waals surface area contributed by atoms with Crippen LogP contribution < -0.4 is 0 Å². The smallest absolute Gasteiger partial charge is 0.166 e. The lowest BCUT2D eigenvalue weighted by atomic mass is 9.82. The second kappa shape index (κ2) is 11.7. The standard InChI is InChI=1S/C54H35N5/c1-54(2)41-23-9-6-17-34(41)40-31-33(29-30-42(40)54)52-55-51(32-15-4-3-5-16-32)56-53(57-52)39-19-8-11-25-44(39)58-45-26-13-20-36-38-22-12-21-37-35-18-7-10-24-43(35)59(50(37)38)47-28-14-27-46(58)49(47)48(36)45/h3-31H,1-2H3. The minimum atomic E-state index is -0.0894. The average Bonchev–Trinajstić information content (AvgIpc) is 3.86. The van der Waals surface area contributed by atoms with E-state index in [0.717, 1.165) is 33.4 Å². The van der Waals surface area contributed by atoms with E-state index in [1.54, 1.807) is 0 Å². The average molecular weight is 754 g/mol. The van der Waals surface area contributed by atoms with Gasteiger partial charge in [0.1, 0.15) is 0 Å². The van der Waals surface area contributed by atoms with Crippen molar-refractivity contribution in [3.05, 3.63) is 187 Å². The van der Waals surface area contributed by atoms with Crippen molar-refractivity contribution in [1.82, 2.24) is 23.9 Å².